The van der Waals surface area contributed by atoms with Crippen molar-refractivity contribution in [2.45, 2.75) is 45.3 Å². The Morgan fingerprint density at radius 1 is 1.35 bits per heavy atom. The second-order valence-corrected chi connectivity index (χ2v) is 7.00. The van der Waals surface area contributed by atoms with Crippen molar-refractivity contribution in [1.29, 1.82) is 0 Å². The number of hydroxylamine groups is 1. The van der Waals surface area contributed by atoms with Gasteiger partial charge in [0.15, 0.2) is 6.29 Å². The second kappa shape index (κ2) is 8.46. The van der Waals surface area contributed by atoms with E-state index < -0.39 is 17.1 Å². The lowest BCUT2D eigenvalue weighted by atomic mass is 9.99. The molecule has 3 rings (SSSR count). The van der Waals surface area contributed by atoms with E-state index in [1.54, 1.807) is 12.1 Å². The first-order valence-electron chi connectivity index (χ1n) is 9.15. The quantitative estimate of drug-likeness (QED) is 0.638. The molecule has 8 nitrogen and oxygen atoms in total. The Balaban J connectivity index is 1.70. The van der Waals surface area contributed by atoms with Gasteiger partial charge in [0.25, 0.3) is 11.6 Å². The fourth-order valence-electron chi connectivity index (χ4n) is 3.47. The third-order valence-corrected chi connectivity index (χ3v) is 4.85. The number of amides is 1. The molecule has 2 aliphatic rings. The zero-order chi connectivity index (χ0) is 18.5. The molecule has 0 aromatic heterocycles. The summed E-state index contributed by atoms with van der Waals surface area (Å²) < 4.78 is 5.38. The molecule has 0 radical (unpaired) electrons. The maximum atomic E-state index is 12.3. The summed E-state index contributed by atoms with van der Waals surface area (Å²) in [5, 5.41) is 11.5. The van der Waals surface area contributed by atoms with Crippen LogP contribution in [0.1, 0.15) is 49.4 Å². The smallest absolute Gasteiger partial charge is 0.293 e. The summed E-state index contributed by atoms with van der Waals surface area (Å²) in [5.41, 5.74) is 3.05. The number of nitrogens with zero attached hydrogens (tertiary/aromatic N) is 2. The molecule has 0 spiro atoms. The number of piperidine rings is 1. The fraction of sp³-hybridized carbons (Fsp3) is 0.611. The molecule has 0 aliphatic carbocycles. The van der Waals surface area contributed by atoms with Gasteiger partial charge in [-0.1, -0.05) is 6.92 Å². The van der Waals surface area contributed by atoms with E-state index in [-0.39, 0.29) is 11.3 Å². The Kier molecular flexibility index (Phi) is 6.05. The van der Waals surface area contributed by atoms with Crippen LogP contribution in [0.15, 0.2) is 18.2 Å². The Morgan fingerprint density at radius 3 is 2.88 bits per heavy atom. The summed E-state index contributed by atoms with van der Waals surface area (Å²) in [6.45, 7) is 4.33. The van der Waals surface area contributed by atoms with E-state index in [1.165, 1.54) is 6.07 Å². The lowest BCUT2D eigenvalue weighted by Crippen LogP contribution is -2.35. The molecule has 2 saturated heterocycles. The van der Waals surface area contributed by atoms with E-state index in [2.05, 4.69) is 12.4 Å². The van der Waals surface area contributed by atoms with Crippen molar-refractivity contribution in [3.8, 4) is 0 Å². The average Bonchev–Trinajstić information content (AvgIpc) is 2.66. The van der Waals surface area contributed by atoms with Crippen LogP contribution in [0.2, 0.25) is 0 Å². The third kappa shape index (κ3) is 4.50. The number of nitrogens with one attached hydrogen (secondary N) is 1. The fourth-order valence-corrected chi connectivity index (χ4v) is 3.47. The number of nitro groups is 1. The predicted molar refractivity (Wildman–Crippen MR) is 95.8 cm³/mol. The minimum atomic E-state index is -0.513. The van der Waals surface area contributed by atoms with E-state index in [9.17, 15) is 14.9 Å². The van der Waals surface area contributed by atoms with E-state index in [1.807, 2.05) is 4.90 Å². The van der Waals surface area contributed by atoms with Gasteiger partial charge in [0.2, 0.25) is 0 Å². The first-order valence-corrected chi connectivity index (χ1v) is 9.15. The van der Waals surface area contributed by atoms with Crippen molar-refractivity contribution in [3.63, 3.8) is 0 Å². The highest BCUT2D eigenvalue weighted by Gasteiger charge is 2.25. The molecular weight excluding hydrogens is 338 g/mol. The normalized spacial score (nSPS) is 23.5. The first kappa shape index (κ1) is 18.6. The number of hydrogen-bond donors (Lipinski definition) is 1. The number of hydrogen-bond acceptors (Lipinski definition) is 6. The average molecular weight is 363 g/mol. The summed E-state index contributed by atoms with van der Waals surface area (Å²) in [5.74, 6) is -0.0175. The van der Waals surface area contributed by atoms with Crippen molar-refractivity contribution >= 4 is 17.3 Å². The number of carbonyl (C=O) groups excluding carboxylic acids is 1. The number of anilines is 1. The SMILES string of the molecule is C[C@H]1CCCN(c2ccc(C(=O)NO[C@@H]3CCCCO3)cc2[N+](=O)[O-])C1. The number of carbonyl (C=O) groups is 1. The highest BCUT2D eigenvalue weighted by Crippen LogP contribution is 2.32. The van der Waals surface area contributed by atoms with E-state index in [4.69, 9.17) is 9.57 Å². The highest BCUT2D eigenvalue weighted by molar-refractivity contribution is 5.95. The van der Waals surface area contributed by atoms with Gasteiger partial charge < -0.3 is 9.64 Å². The van der Waals surface area contributed by atoms with Crippen molar-refractivity contribution < 1.29 is 19.3 Å². The van der Waals surface area contributed by atoms with Gasteiger partial charge in [0.1, 0.15) is 5.69 Å². The molecule has 1 N–H and O–H groups in total. The third-order valence-electron chi connectivity index (χ3n) is 4.85. The summed E-state index contributed by atoms with van der Waals surface area (Å²) in [6, 6.07) is 4.57. The molecule has 142 valence electrons. The lowest BCUT2D eigenvalue weighted by Gasteiger charge is -2.32. The second-order valence-electron chi connectivity index (χ2n) is 7.00. The van der Waals surface area contributed by atoms with Gasteiger partial charge in [-0.3, -0.25) is 14.9 Å². The molecule has 0 bridgehead atoms. The Hall–Kier alpha value is -2.19. The minimum absolute atomic E-state index is 0.0549. The molecular formula is C18H25N3O5. The summed E-state index contributed by atoms with van der Waals surface area (Å²) in [6.07, 6.45) is 4.36. The summed E-state index contributed by atoms with van der Waals surface area (Å²) in [4.78, 5) is 30.6. The number of benzene rings is 1. The minimum Gasteiger partial charge on any atom is -0.366 e. The van der Waals surface area contributed by atoms with Crippen LogP contribution in [-0.4, -0.2) is 36.8 Å². The molecule has 2 heterocycles. The summed E-state index contributed by atoms with van der Waals surface area (Å²) >= 11 is 0. The van der Waals surface area contributed by atoms with Crippen molar-refractivity contribution in [1.82, 2.24) is 5.48 Å². The molecule has 2 fully saturated rings. The number of rotatable bonds is 5. The molecule has 1 aromatic rings. The van der Waals surface area contributed by atoms with Crippen LogP contribution in [-0.2, 0) is 9.57 Å². The van der Waals surface area contributed by atoms with Crippen LogP contribution in [0.5, 0.6) is 0 Å². The molecule has 2 aliphatic heterocycles. The highest BCUT2D eigenvalue weighted by atomic mass is 16.8. The van der Waals surface area contributed by atoms with Crippen LogP contribution in [0.4, 0.5) is 11.4 Å². The molecule has 0 saturated carbocycles. The molecule has 8 heteroatoms. The molecule has 26 heavy (non-hydrogen) atoms. The maximum Gasteiger partial charge on any atom is 0.293 e. The van der Waals surface area contributed by atoms with Gasteiger partial charge >= 0.3 is 0 Å². The van der Waals surface area contributed by atoms with E-state index in [0.717, 1.165) is 38.8 Å². The molecule has 0 unspecified atom stereocenters. The Labute approximate surface area is 152 Å². The van der Waals surface area contributed by atoms with E-state index >= 15 is 0 Å². The monoisotopic (exact) mass is 363 g/mol. The zero-order valence-electron chi connectivity index (χ0n) is 15.0. The van der Waals surface area contributed by atoms with Crippen LogP contribution in [0, 0.1) is 16.0 Å². The van der Waals surface area contributed by atoms with Gasteiger partial charge in [-0.15, -0.1) is 0 Å². The number of nitro benzene ring substituents is 1. The van der Waals surface area contributed by atoms with Crippen LogP contribution in [0.3, 0.4) is 0 Å². The molecule has 2 atom stereocenters. The first-order chi connectivity index (χ1) is 12.5. The van der Waals surface area contributed by atoms with Crippen LogP contribution in [0.25, 0.3) is 0 Å². The summed E-state index contributed by atoms with van der Waals surface area (Å²) in [7, 11) is 0. The van der Waals surface area contributed by atoms with Crippen LogP contribution >= 0.6 is 0 Å². The molecule has 1 amide bonds. The topological polar surface area (TPSA) is 93.9 Å². The van der Waals surface area contributed by atoms with Gasteiger partial charge in [-0.05, 0) is 43.7 Å². The lowest BCUT2D eigenvalue weighted by molar-refractivity contribution is -0.384. The van der Waals surface area contributed by atoms with Crippen molar-refractivity contribution in [2.24, 2.45) is 5.92 Å². The van der Waals surface area contributed by atoms with Crippen molar-refractivity contribution in [3.05, 3.63) is 33.9 Å². The van der Waals surface area contributed by atoms with Gasteiger partial charge in [-0.25, -0.2) is 10.3 Å². The Morgan fingerprint density at radius 2 is 2.19 bits per heavy atom. The van der Waals surface area contributed by atoms with Gasteiger partial charge in [0.05, 0.1) is 4.92 Å². The number of ether oxygens (including phenoxy) is 1. The zero-order valence-corrected chi connectivity index (χ0v) is 15.0. The van der Waals surface area contributed by atoms with Gasteiger partial charge in [-0.2, -0.15) is 0 Å². The van der Waals surface area contributed by atoms with Crippen LogP contribution < -0.4 is 10.4 Å². The Bertz CT molecular complexity index is 660. The molecule has 1 aromatic carbocycles. The largest absolute Gasteiger partial charge is 0.366 e. The predicted octanol–water partition coefficient (Wildman–Crippen LogP) is 3.02. The van der Waals surface area contributed by atoms with Crippen molar-refractivity contribution in [2.75, 3.05) is 24.6 Å². The van der Waals surface area contributed by atoms with Gasteiger partial charge in [0, 0.05) is 37.7 Å². The van der Waals surface area contributed by atoms with E-state index in [0.29, 0.717) is 24.6 Å². The standard InChI is InChI=1S/C18H25N3O5/c1-13-5-4-9-20(12-13)15-8-7-14(11-16(15)21(23)24)18(22)19-26-17-6-2-3-10-25-17/h7-8,11,13,17H,2-6,9-10,12H2,1H3,(H,19,22)/t13-,17+/m0/s1. The maximum absolute atomic E-state index is 12.3.